The van der Waals surface area contributed by atoms with E-state index >= 15 is 0 Å². The highest BCUT2D eigenvalue weighted by Gasteiger charge is 1.90. The van der Waals surface area contributed by atoms with Gasteiger partial charge in [0.05, 0.1) is 12.5 Å². The second-order valence-corrected chi connectivity index (χ2v) is 2.16. The predicted molar refractivity (Wildman–Crippen MR) is 44.6 cm³/mol. The maximum Gasteiger partial charge on any atom is 0.0868 e. The van der Waals surface area contributed by atoms with Gasteiger partial charge in [-0.2, -0.15) is 0 Å². The van der Waals surface area contributed by atoms with Crippen molar-refractivity contribution >= 4 is 0 Å². The van der Waals surface area contributed by atoms with E-state index in [2.05, 4.69) is 25.1 Å². The molecule has 0 nitrogen and oxygen atoms in total. The fraction of sp³-hybridized carbons (Fsp3) is 0.100. The second kappa shape index (κ2) is 3.78. The summed E-state index contributed by atoms with van der Waals surface area (Å²) < 4.78 is 0. The Morgan fingerprint density at radius 3 is 2.60 bits per heavy atom. The van der Waals surface area contributed by atoms with Crippen LogP contribution in [0.25, 0.3) is 0 Å². The number of hydrogen-bond donors (Lipinski definition) is 0. The fourth-order valence-corrected chi connectivity index (χ4v) is 0.834. The van der Waals surface area contributed by atoms with Gasteiger partial charge in [-0.3, -0.25) is 0 Å². The van der Waals surface area contributed by atoms with Crippen LogP contribution in [0.15, 0.2) is 43.0 Å². The van der Waals surface area contributed by atoms with Crippen LogP contribution in [0, 0.1) is 6.42 Å². The molecule has 0 unspecified atom stereocenters. The minimum Gasteiger partial charge on any atom is -0.0622 e. The third-order valence-corrected chi connectivity index (χ3v) is 1.36. The monoisotopic (exact) mass is 131 g/mol. The SMILES string of the molecule is C=C[CH+]Cc1ccccc1. The third kappa shape index (κ3) is 1.98. The lowest BCUT2D eigenvalue weighted by Gasteiger charge is -1.90. The van der Waals surface area contributed by atoms with Crippen LogP contribution in [0.3, 0.4) is 0 Å². The van der Waals surface area contributed by atoms with Crippen molar-refractivity contribution in [1.29, 1.82) is 0 Å². The molecule has 0 bridgehead atoms. The van der Waals surface area contributed by atoms with E-state index in [4.69, 9.17) is 0 Å². The summed E-state index contributed by atoms with van der Waals surface area (Å²) in [6, 6.07) is 10.3. The van der Waals surface area contributed by atoms with E-state index in [0.717, 1.165) is 6.42 Å². The number of rotatable bonds is 3. The van der Waals surface area contributed by atoms with Gasteiger partial charge in [0.1, 0.15) is 0 Å². The summed E-state index contributed by atoms with van der Waals surface area (Å²) >= 11 is 0. The summed E-state index contributed by atoms with van der Waals surface area (Å²) in [5, 5.41) is 0. The standard InChI is InChI=1S/C10H11/c1-2-3-7-10-8-5-4-6-9-10/h2-6,8-9H,1,7H2/q+1. The minimum atomic E-state index is 0.990. The van der Waals surface area contributed by atoms with E-state index < -0.39 is 0 Å². The van der Waals surface area contributed by atoms with Crippen LogP contribution in [0.5, 0.6) is 0 Å². The summed E-state index contributed by atoms with van der Waals surface area (Å²) in [5.74, 6) is 0. The van der Waals surface area contributed by atoms with Crippen molar-refractivity contribution in [2.24, 2.45) is 0 Å². The quantitative estimate of drug-likeness (QED) is 0.553. The lowest BCUT2D eigenvalue weighted by Crippen LogP contribution is -1.80. The Morgan fingerprint density at radius 1 is 1.30 bits per heavy atom. The highest BCUT2D eigenvalue weighted by molar-refractivity contribution is 5.17. The van der Waals surface area contributed by atoms with E-state index in [1.165, 1.54) is 5.56 Å². The topological polar surface area (TPSA) is 0 Å². The Balaban J connectivity index is 2.50. The average molecular weight is 131 g/mol. The first-order valence-electron chi connectivity index (χ1n) is 3.41. The first-order valence-corrected chi connectivity index (χ1v) is 3.41. The Hall–Kier alpha value is -1.17. The van der Waals surface area contributed by atoms with Crippen LogP contribution in [-0.4, -0.2) is 0 Å². The van der Waals surface area contributed by atoms with Gasteiger partial charge in [0, 0.05) is 13.0 Å². The summed E-state index contributed by atoms with van der Waals surface area (Å²) in [6.07, 6.45) is 4.87. The number of benzene rings is 1. The predicted octanol–water partition coefficient (Wildman–Crippen LogP) is 2.62. The molecule has 0 heteroatoms. The van der Waals surface area contributed by atoms with Crippen LogP contribution < -0.4 is 0 Å². The van der Waals surface area contributed by atoms with Crippen molar-refractivity contribution in [1.82, 2.24) is 0 Å². The molecule has 0 saturated heterocycles. The van der Waals surface area contributed by atoms with Gasteiger partial charge in [-0.05, 0) is 5.56 Å². The van der Waals surface area contributed by atoms with Crippen molar-refractivity contribution in [2.75, 3.05) is 0 Å². The zero-order chi connectivity index (χ0) is 7.23. The van der Waals surface area contributed by atoms with Crippen LogP contribution in [0.2, 0.25) is 0 Å². The van der Waals surface area contributed by atoms with Crippen LogP contribution >= 0.6 is 0 Å². The highest BCUT2D eigenvalue weighted by Crippen LogP contribution is 2.00. The molecular weight excluding hydrogens is 120 g/mol. The largest absolute Gasteiger partial charge is 0.0868 e. The molecule has 0 heterocycles. The van der Waals surface area contributed by atoms with Crippen molar-refractivity contribution < 1.29 is 0 Å². The molecule has 0 aliphatic carbocycles. The lowest BCUT2D eigenvalue weighted by atomic mass is 10.1. The molecule has 0 fully saturated rings. The molecule has 0 aromatic heterocycles. The van der Waals surface area contributed by atoms with Gasteiger partial charge >= 0.3 is 0 Å². The molecule has 0 N–H and O–H groups in total. The van der Waals surface area contributed by atoms with Crippen molar-refractivity contribution in [3.63, 3.8) is 0 Å². The lowest BCUT2D eigenvalue weighted by molar-refractivity contribution is 1.20. The van der Waals surface area contributed by atoms with Crippen LogP contribution in [0.4, 0.5) is 0 Å². The zero-order valence-corrected chi connectivity index (χ0v) is 5.96. The molecule has 1 rings (SSSR count). The van der Waals surface area contributed by atoms with E-state index in [0.29, 0.717) is 0 Å². The first kappa shape index (κ1) is 6.94. The first-order chi connectivity index (χ1) is 4.93. The molecule has 0 amide bonds. The Kier molecular flexibility index (Phi) is 2.62. The number of allylic oxidation sites excluding steroid dienone is 1. The molecule has 50 valence electrons. The molecule has 0 saturated carbocycles. The summed E-state index contributed by atoms with van der Waals surface area (Å²) in [7, 11) is 0. The normalized spacial score (nSPS) is 8.80. The Labute approximate surface area is 62.2 Å². The molecule has 1 aromatic carbocycles. The minimum absolute atomic E-state index is 0.990. The molecule has 0 atom stereocenters. The van der Waals surface area contributed by atoms with Gasteiger partial charge in [0.15, 0.2) is 0 Å². The van der Waals surface area contributed by atoms with Crippen molar-refractivity contribution in [2.45, 2.75) is 6.42 Å². The second-order valence-electron chi connectivity index (χ2n) is 2.16. The maximum absolute atomic E-state index is 3.62. The van der Waals surface area contributed by atoms with Gasteiger partial charge < -0.3 is 0 Å². The van der Waals surface area contributed by atoms with E-state index in [-0.39, 0.29) is 0 Å². The summed E-state index contributed by atoms with van der Waals surface area (Å²) in [4.78, 5) is 0. The van der Waals surface area contributed by atoms with E-state index in [1.807, 2.05) is 24.3 Å². The van der Waals surface area contributed by atoms with E-state index in [1.54, 1.807) is 0 Å². The number of hydrogen-bond acceptors (Lipinski definition) is 0. The molecule has 0 aliphatic heterocycles. The third-order valence-electron chi connectivity index (χ3n) is 1.36. The van der Waals surface area contributed by atoms with Gasteiger partial charge in [-0.1, -0.05) is 30.3 Å². The van der Waals surface area contributed by atoms with Crippen LogP contribution in [-0.2, 0) is 6.42 Å². The highest BCUT2D eigenvalue weighted by atomic mass is 13.9. The molecular formula is C10H11+. The average Bonchev–Trinajstić information content (AvgIpc) is 2.03. The zero-order valence-electron chi connectivity index (χ0n) is 5.96. The smallest absolute Gasteiger partial charge is 0.0622 e. The van der Waals surface area contributed by atoms with Gasteiger partial charge in [-0.25, -0.2) is 0 Å². The molecule has 0 spiro atoms. The summed E-state index contributed by atoms with van der Waals surface area (Å²) in [6.45, 7) is 3.62. The van der Waals surface area contributed by atoms with Gasteiger partial charge in [0.2, 0.25) is 0 Å². The Morgan fingerprint density at radius 2 is 2.00 bits per heavy atom. The molecule has 10 heavy (non-hydrogen) atoms. The van der Waals surface area contributed by atoms with Gasteiger partial charge in [0.25, 0.3) is 0 Å². The molecule has 0 aliphatic rings. The van der Waals surface area contributed by atoms with Crippen molar-refractivity contribution in [3.05, 3.63) is 55.0 Å². The summed E-state index contributed by atoms with van der Waals surface area (Å²) in [5.41, 5.74) is 1.34. The van der Waals surface area contributed by atoms with E-state index in [9.17, 15) is 0 Å². The molecule has 0 radical (unpaired) electrons. The van der Waals surface area contributed by atoms with Gasteiger partial charge in [-0.15, -0.1) is 0 Å². The maximum atomic E-state index is 3.62. The fourth-order valence-electron chi connectivity index (χ4n) is 0.834. The van der Waals surface area contributed by atoms with Crippen LogP contribution in [0.1, 0.15) is 5.56 Å². The van der Waals surface area contributed by atoms with Crippen molar-refractivity contribution in [3.8, 4) is 0 Å². The molecule has 1 aromatic rings. The Bertz CT molecular complexity index is 186.